The molecule has 1 saturated heterocycles. The largest absolute Gasteiger partial charge is 0.316 e. The Morgan fingerprint density at radius 1 is 1.15 bits per heavy atom. The van der Waals surface area contributed by atoms with Gasteiger partial charge in [0.15, 0.2) is 0 Å². The summed E-state index contributed by atoms with van der Waals surface area (Å²) in [5, 5.41) is 3.42. The third-order valence-electron chi connectivity index (χ3n) is 3.64. The number of hydrogen-bond acceptors (Lipinski definition) is 1. The molecule has 0 spiro atoms. The summed E-state index contributed by atoms with van der Waals surface area (Å²) in [6.07, 6.45) is 4.24. The van der Waals surface area contributed by atoms with Crippen LogP contribution in [-0.2, 0) is 0 Å². The van der Waals surface area contributed by atoms with Crippen LogP contribution in [0.25, 0.3) is 0 Å². The van der Waals surface area contributed by atoms with E-state index in [2.05, 4.69) is 33.0 Å². The van der Waals surface area contributed by atoms with Crippen molar-refractivity contribution in [3.8, 4) is 0 Å². The molecule has 1 nitrogen and oxygen atoms in total. The normalized spacial score (nSPS) is 20.8. The molecule has 1 fully saturated rings. The van der Waals surface area contributed by atoms with Gasteiger partial charge in [0.1, 0.15) is 0 Å². The van der Waals surface area contributed by atoms with Crippen molar-refractivity contribution >= 4 is 0 Å². The molecule has 0 saturated carbocycles. The molecule has 0 aromatic heterocycles. The van der Waals surface area contributed by atoms with Crippen molar-refractivity contribution in [3.63, 3.8) is 0 Å². The Hall–Kier alpha value is -0.0400. The minimum absolute atomic E-state index is 0.648. The summed E-state index contributed by atoms with van der Waals surface area (Å²) in [5.41, 5.74) is 0.648. The summed E-state index contributed by atoms with van der Waals surface area (Å²) in [7, 11) is 0. The zero-order valence-corrected chi connectivity index (χ0v) is 9.69. The zero-order valence-electron chi connectivity index (χ0n) is 9.69. The highest BCUT2D eigenvalue weighted by Crippen LogP contribution is 2.37. The van der Waals surface area contributed by atoms with Crippen molar-refractivity contribution < 1.29 is 0 Å². The molecule has 13 heavy (non-hydrogen) atoms. The molecule has 0 aromatic carbocycles. The Morgan fingerprint density at radius 2 is 1.77 bits per heavy atom. The molecule has 0 radical (unpaired) electrons. The molecule has 1 aliphatic heterocycles. The Bertz CT molecular complexity index is 145. The summed E-state index contributed by atoms with van der Waals surface area (Å²) in [4.78, 5) is 0. The van der Waals surface area contributed by atoms with Crippen LogP contribution in [-0.4, -0.2) is 13.1 Å². The number of nitrogens with one attached hydrogen (secondary N) is 1. The fourth-order valence-electron chi connectivity index (χ4n) is 2.18. The average molecular weight is 183 g/mol. The first-order valence-electron chi connectivity index (χ1n) is 5.77. The van der Waals surface area contributed by atoms with Gasteiger partial charge in [-0.25, -0.2) is 0 Å². The lowest BCUT2D eigenvalue weighted by molar-refractivity contribution is 0.0825. The highest BCUT2D eigenvalue weighted by Gasteiger charge is 2.38. The molecule has 1 heteroatoms. The van der Waals surface area contributed by atoms with Crippen molar-refractivity contribution in [2.24, 2.45) is 17.3 Å². The first kappa shape index (κ1) is 11.0. The van der Waals surface area contributed by atoms with E-state index >= 15 is 0 Å². The SMILES string of the molecule is CC(C)CCCC1(C(C)C)CNC1. The second kappa shape index (κ2) is 4.45. The van der Waals surface area contributed by atoms with Gasteiger partial charge in [0.05, 0.1) is 0 Å². The minimum atomic E-state index is 0.648. The van der Waals surface area contributed by atoms with Gasteiger partial charge >= 0.3 is 0 Å². The molecule has 0 unspecified atom stereocenters. The van der Waals surface area contributed by atoms with Gasteiger partial charge in [-0.2, -0.15) is 0 Å². The third kappa shape index (κ3) is 2.70. The monoisotopic (exact) mass is 183 g/mol. The second-order valence-corrected chi connectivity index (χ2v) is 5.41. The molecule has 1 rings (SSSR count). The van der Waals surface area contributed by atoms with Crippen molar-refractivity contribution in [1.29, 1.82) is 0 Å². The fourth-order valence-corrected chi connectivity index (χ4v) is 2.18. The van der Waals surface area contributed by atoms with Crippen LogP contribution in [0.15, 0.2) is 0 Å². The fraction of sp³-hybridized carbons (Fsp3) is 1.00. The standard InChI is InChI=1S/C12H25N/c1-10(2)6-5-7-12(11(3)4)8-13-9-12/h10-11,13H,5-9H2,1-4H3. The first-order chi connectivity index (χ1) is 6.07. The van der Waals surface area contributed by atoms with E-state index in [4.69, 9.17) is 0 Å². The molecule has 0 bridgehead atoms. The summed E-state index contributed by atoms with van der Waals surface area (Å²) >= 11 is 0. The minimum Gasteiger partial charge on any atom is -0.316 e. The van der Waals surface area contributed by atoms with Crippen molar-refractivity contribution in [2.75, 3.05) is 13.1 Å². The maximum Gasteiger partial charge on any atom is 0.00227 e. The maximum absolute atomic E-state index is 3.42. The molecular formula is C12H25N. The number of hydrogen-bond donors (Lipinski definition) is 1. The van der Waals surface area contributed by atoms with Crippen molar-refractivity contribution in [2.45, 2.75) is 47.0 Å². The van der Waals surface area contributed by atoms with Crippen LogP contribution in [0.3, 0.4) is 0 Å². The summed E-state index contributed by atoms with van der Waals surface area (Å²) in [6, 6.07) is 0. The van der Waals surface area contributed by atoms with E-state index in [1.807, 2.05) is 0 Å². The van der Waals surface area contributed by atoms with Gasteiger partial charge in [-0.1, -0.05) is 40.5 Å². The van der Waals surface area contributed by atoms with Crippen LogP contribution in [0.5, 0.6) is 0 Å². The number of rotatable bonds is 5. The van der Waals surface area contributed by atoms with Crippen LogP contribution < -0.4 is 5.32 Å². The highest BCUT2D eigenvalue weighted by molar-refractivity contribution is 4.94. The quantitative estimate of drug-likeness (QED) is 0.691. The van der Waals surface area contributed by atoms with Gasteiger partial charge in [0.2, 0.25) is 0 Å². The van der Waals surface area contributed by atoms with Crippen LogP contribution in [0.2, 0.25) is 0 Å². The van der Waals surface area contributed by atoms with Crippen molar-refractivity contribution in [3.05, 3.63) is 0 Å². The van der Waals surface area contributed by atoms with Crippen LogP contribution in [0.1, 0.15) is 47.0 Å². The topological polar surface area (TPSA) is 12.0 Å². The predicted octanol–water partition coefficient (Wildman–Crippen LogP) is 3.06. The molecule has 1 aliphatic rings. The summed E-state index contributed by atoms with van der Waals surface area (Å²) in [6.45, 7) is 11.9. The molecule has 1 heterocycles. The van der Waals surface area contributed by atoms with Crippen LogP contribution >= 0.6 is 0 Å². The third-order valence-corrected chi connectivity index (χ3v) is 3.64. The molecule has 0 amide bonds. The highest BCUT2D eigenvalue weighted by atomic mass is 15.0. The van der Waals surface area contributed by atoms with Gasteiger partial charge in [-0.05, 0) is 23.7 Å². The predicted molar refractivity (Wildman–Crippen MR) is 58.8 cm³/mol. The molecule has 0 atom stereocenters. The van der Waals surface area contributed by atoms with E-state index in [1.54, 1.807) is 0 Å². The Morgan fingerprint density at radius 3 is 2.08 bits per heavy atom. The Labute approximate surface area is 83.3 Å². The van der Waals surface area contributed by atoms with E-state index < -0.39 is 0 Å². The van der Waals surface area contributed by atoms with E-state index in [0.717, 1.165) is 11.8 Å². The maximum atomic E-state index is 3.42. The molecule has 0 aliphatic carbocycles. The van der Waals surface area contributed by atoms with E-state index in [9.17, 15) is 0 Å². The Balaban J connectivity index is 2.24. The zero-order chi connectivity index (χ0) is 9.90. The summed E-state index contributed by atoms with van der Waals surface area (Å²) < 4.78 is 0. The van der Waals surface area contributed by atoms with Gasteiger partial charge in [-0.3, -0.25) is 0 Å². The van der Waals surface area contributed by atoms with E-state index in [-0.39, 0.29) is 0 Å². The molecular weight excluding hydrogens is 158 g/mol. The first-order valence-corrected chi connectivity index (χ1v) is 5.77. The van der Waals surface area contributed by atoms with Gasteiger partial charge in [-0.15, -0.1) is 0 Å². The Kier molecular flexibility index (Phi) is 3.78. The van der Waals surface area contributed by atoms with Gasteiger partial charge in [0.25, 0.3) is 0 Å². The lowest BCUT2D eigenvalue weighted by Gasteiger charge is -2.46. The lowest BCUT2D eigenvalue weighted by atomic mass is 9.69. The second-order valence-electron chi connectivity index (χ2n) is 5.41. The van der Waals surface area contributed by atoms with Gasteiger partial charge in [0, 0.05) is 13.1 Å². The lowest BCUT2D eigenvalue weighted by Crippen LogP contribution is -2.56. The van der Waals surface area contributed by atoms with Crippen LogP contribution in [0, 0.1) is 17.3 Å². The summed E-state index contributed by atoms with van der Waals surface area (Å²) in [5.74, 6) is 1.72. The van der Waals surface area contributed by atoms with Crippen LogP contribution in [0.4, 0.5) is 0 Å². The average Bonchev–Trinajstić information content (AvgIpc) is 1.93. The molecule has 78 valence electrons. The van der Waals surface area contributed by atoms with Crippen molar-refractivity contribution in [1.82, 2.24) is 5.32 Å². The van der Waals surface area contributed by atoms with E-state index in [1.165, 1.54) is 32.4 Å². The van der Waals surface area contributed by atoms with Gasteiger partial charge < -0.3 is 5.32 Å². The van der Waals surface area contributed by atoms with E-state index in [0.29, 0.717) is 5.41 Å². The molecule has 0 aromatic rings. The smallest absolute Gasteiger partial charge is 0.00227 e. The molecule has 1 N–H and O–H groups in total.